The number of carbonyl (C=O) groups excluding carboxylic acids is 2. The van der Waals surface area contributed by atoms with Crippen molar-refractivity contribution in [3.05, 3.63) is 71.8 Å². The molecule has 2 aromatic carbocycles. The van der Waals surface area contributed by atoms with Crippen molar-refractivity contribution >= 4 is 19.8 Å². The summed E-state index contributed by atoms with van der Waals surface area (Å²) in [5.74, 6) is -1.31. The molecule has 10 heteroatoms. The highest BCUT2D eigenvalue weighted by Crippen LogP contribution is 2.43. The number of phosphoric ester groups is 1. The smallest absolute Gasteiger partial charge is 0.458 e. The molecule has 2 atom stereocenters. The third-order valence-corrected chi connectivity index (χ3v) is 5.12. The minimum absolute atomic E-state index is 0.00522. The molecule has 1 N–H and O–H groups in total. The van der Waals surface area contributed by atoms with Gasteiger partial charge in [0.1, 0.15) is 19.8 Å². The van der Waals surface area contributed by atoms with Crippen molar-refractivity contribution < 1.29 is 42.1 Å². The van der Waals surface area contributed by atoms with Gasteiger partial charge in [0.2, 0.25) is 0 Å². The Labute approximate surface area is 187 Å². The summed E-state index contributed by atoms with van der Waals surface area (Å²) in [5.41, 5.74) is 0.594. The van der Waals surface area contributed by atoms with E-state index in [9.17, 15) is 19.0 Å². The first kappa shape index (κ1) is 25.7. The number of phosphoric acid groups is 1. The molecule has 0 saturated carbocycles. The number of quaternary nitrogens is 1. The minimum atomic E-state index is -4.40. The first-order valence-corrected chi connectivity index (χ1v) is 11.5. The van der Waals surface area contributed by atoms with E-state index < -0.39 is 32.5 Å². The topological polar surface area (TPSA) is 108 Å². The van der Waals surface area contributed by atoms with Crippen LogP contribution < -0.4 is 0 Å². The molecule has 0 aliphatic carbocycles. The van der Waals surface area contributed by atoms with Gasteiger partial charge in [0.25, 0.3) is 0 Å². The van der Waals surface area contributed by atoms with Gasteiger partial charge in [-0.05, 0) is 24.3 Å². The van der Waals surface area contributed by atoms with Crippen molar-refractivity contribution in [1.82, 2.24) is 0 Å². The van der Waals surface area contributed by atoms with Crippen LogP contribution in [-0.4, -0.2) is 74.9 Å². The Hall–Kier alpha value is -2.55. The minimum Gasteiger partial charge on any atom is -0.458 e. The van der Waals surface area contributed by atoms with Crippen LogP contribution in [-0.2, 0) is 23.1 Å². The largest absolute Gasteiger partial charge is 0.472 e. The van der Waals surface area contributed by atoms with Crippen molar-refractivity contribution in [3.8, 4) is 0 Å². The van der Waals surface area contributed by atoms with Gasteiger partial charge in [-0.2, -0.15) is 0 Å². The fraction of sp³-hybridized carbons (Fsp3) is 0.364. The Morgan fingerprint density at radius 3 is 1.94 bits per heavy atom. The maximum Gasteiger partial charge on any atom is 0.472 e. The Balaban J connectivity index is 1.98. The van der Waals surface area contributed by atoms with E-state index >= 15 is 0 Å². The molecular formula is C22H29NO8P+. The second-order valence-electron chi connectivity index (χ2n) is 7.97. The molecule has 174 valence electrons. The summed E-state index contributed by atoms with van der Waals surface area (Å²) < 4.78 is 33.2. The van der Waals surface area contributed by atoms with Gasteiger partial charge in [-0.3, -0.25) is 9.05 Å². The van der Waals surface area contributed by atoms with E-state index in [1.807, 2.05) is 21.1 Å². The van der Waals surface area contributed by atoms with Gasteiger partial charge < -0.3 is 18.9 Å². The molecule has 0 heterocycles. The number of nitrogens with zero attached hydrogens (tertiary/aromatic N) is 1. The first-order valence-electron chi connectivity index (χ1n) is 9.96. The number of rotatable bonds is 12. The summed E-state index contributed by atoms with van der Waals surface area (Å²) in [6.07, 6.45) is -1.13. The lowest BCUT2D eigenvalue weighted by atomic mass is 10.2. The first-order chi connectivity index (χ1) is 15.1. The van der Waals surface area contributed by atoms with E-state index in [-0.39, 0.29) is 18.8 Å². The van der Waals surface area contributed by atoms with Crippen LogP contribution in [0.15, 0.2) is 60.7 Å². The van der Waals surface area contributed by atoms with E-state index in [1.165, 1.54) is 0 Å². The second-order valence-corrected chi connectivity index (χ2v) is 9.42. The van der Waals surface area contributed by atoms with Gasteiger partial charge in [-0.25, -0.2) is 14.2 Å². The fourth-order valence-corrected chi connectivity index (χ4v) is 3.12. The molecule has 0 bridgehead atoms. The molecule has 0 aliphatic rings. The number of esters is 2. The molecule has 0 radical (unpaired) electrons. The molecule has 0 saturated heterocycles. The average molecular weight is 466 g/mol. The van der Waals surface area contributed by atoms with E-state index in [0.717, 1.165) is 0 Å². The highest BCUT2D eigenvalue weighted by Gasteiger charge is 2.27. The van der Waals surface area contributed by atoms with E-state index in [4.69, 9.17) is 18.5 Å². The lowest BCUT2D eigenvalue weighted by Gasteiger charge is -2.24. The van der Waals surface area contributed by atoms with Crippen LogP contribution in [0.3, 0.4) is 0 Å². The summed E-state index contributed by atoms with van der Waals surface area (Å²) in [5, 5.41) is 0. The Bertz CT molecular complexity index is 915. The van der Waals surface area contributed by atoms with Gasteiger partial charge in [-0.15, -0.1) is 0 Å². The molecule has 0 amide bonds. The van der Waals surface area contributed by atoms with Crippen LogP contribution in [0.2, 0.25) is 0 Å². The van der Waals surface area contributed by atoms with Gasteiger partial charge in [0, 0.05) is 0 Å². The second kappa shape index (κ2) is 11.9. The maximum absolute atomic E-state index is 12.4. The van der Waals surface area contributed by atoms with Gasteiger partial charge in [-0.1, -0.05) is 36.4 Å². The number of hydrogen-bond acceptors (Lipinski definition) is 7. The quantitative estimate of drug-likeness (QED) is 0.289. The molecule has 0 aliphatic heterocycles. The Morgan fingerprint density at radius 2 is 1.41 bits per heavy atom. The van der Waals surface area contributed by atoms with Gasteiger partial charge >= 0.3 is 19.8 Å². The van der Waals surface area contributed by atoms with Crippen LogP contribution >= 0.6 is 7.82 Å². The normalized spacial score (nSPS) is 14.2. The lowest BCUT2D eigenvalue weighted by Crippen LogP contribution is -2.37. The zero-order chi connectivity index (χ0) is 23.6. The predicted molar refractivity (Wildman–Crippen MR) is 117 cm³/mol. The van der Waals surface area contributed by atoms with Crippen LogP contribution in [0, 0.1) is 0 Å². The van der Waals surface area contributed by atoms with Crippen molar-refractivity contribution in [1.29, 1.82) is 0 Å². The lowest BCUT2D eigenvalue weighted by molar-refractivity contribution is -0.870. The van der Waals surface area contributed by atoms with E-state index in [1.54, 1.807) is 60.7 Å². The van der Waals surface area contributed by atoms with Crippen molar-refractivity contribution in [2.75, 3.05) is 47.5 Å². The number of ether oxygens (including phenoxy) is 2. The zero-order valence-electron chi connectivity index (χ0n) is 18.4. The van der Waals surface area contributed by atoms with Crippen LogP contribution in [0.1, 0.15) is 20.7 Å². The van der Waals surface area contributed by atoms with Crippen molar-refractivity contribution in [2.45, 2.75) is 6.10 Å². The molecule has 0 spiro atoms. The van der Waals surface area contributed by atoms with Crippen LogP contribution in [0.25, 0.3) is 0 Å². The van der Waals surface area contributed by atoms with E-state index in [2.05, 4.69) is 0 Å². The van der Waals surface area contributed by atoms with Gasteiger partial charge in [0.05, 0.1) is 38.9 Å². The number of likely N-dealkylation sites (N-methyl/N-ethyl adjacent to an activating group) is 1. The Kier molecular flexibility index (Phi) is 9.56. The summed E-state index contributed by atoms with van der Waals surface area (Å²) in [6.45, 7) is -0.395. The summed E-state index contributed by atoms with van der Waals surface area (Å²) in [4.78, 5) is 34.5. The fourth-order valence-electron chi connectivity index (χ4n) is 2.38. The average Bonchev–Trinajstić information content (AvgIpc) is 2.75. The molecule has 0 fully saturated rings. The molecule has 0 aromatic heterocycles. The molecular weight excluding hydrogens is 437 g/mol. The van der Waals surface area contributed by atoms with E-state index in [0.29, 0.717) is 16.6 Å². The third kappa shape index (κ3) is 9.72. The van der Waals surface area contributed by atoms with Crippen molar-refractivity contribution in [2.24, 2.45) is 0 Å². The molecule has 2 aromatic rings. The highest BCUT2D eigenvalue weighted by molar-refractivity contribution is 7.47. The molecule has 2 rings (SSSR count). The van der Waals surface area contributed by atoms with Crippen molar-refractivity contribution in [3.63, 3.8) is 0 Å². The molecule has 9 nitrogen and oxygen atoms in total. The summed E-state index contributed by atoms with van der Waals surface area (Å²) in [7, 11) is 1.33. The van der Waals surface area contributed by atoms with Crippen LogP contribution in [0.4, 0.5) is 0 Å². The van der Waals surface area contributed by atoms with Gasteiger partial charge in [0.15, 0.2) is 6.10 Å². The SMILES string of the molecule is C[N+](C)(C)CCOP(=O)(O)OCC(COC(=O)c1ccccc1)OC(=O)c1ccccc1. The summed E-state index contributed by atoms with van der Waals surface area (Å²) >= 11 is 0. The number of hydrogen-bond donors (Lipinski definition) is 1. The number of carbonyl (C=O) groups is 2. The zero-order valence-corrected chi connectivity index (χ0v) is 19.3. The Morgan fingerprint density at radius 1 is 0.875 bits per heavy atom. The van der Waals surface area contributed by atoms with Crippen LogP contribution in [0.5, 0.6) is 0 Å². The predicted octanol–water partition coefficient (Wildman–Crippen LogP) is 2.91. The molecule has 2 unspecified atom stereocenters. The highest BCUT2D eigenvalue weighted by atomic mass is 31.2. The third-order valence-electron chi connectivity index (χ3n) is 4.13. The standard InChI is InChI=1S/C22H28NO8P/c1-23(2,3)14-15-29-32(26,27)30-17-20(31-22(25)19-12-8-5-9-13-19)16-28-21(24)18-10-6-4-7-11-18/h4-13,20H,14-17H2,1-3H3/p+1. The maximum atomic E-state index is 12.4. The monoisotopic (exact) mass is 466 g/mol. The number of benzene rings is 2. The molecule has 32 heavy (non-hydrogen) atoms. The summed E-state index contributed by atoms with van der Waals surface area (Å²) in [6, 6.07) is 16.5.